The third-order valence-electron chi connectivity index (χ3n) is 4.53. The van der Waals surface area contributed by atoms with Crippen LogP contribution in [-0.2, 0) is 15.5 Å². The Bertz CT molecular complexity index is 681. The fourth-order valence-electron chi connectivity index (χ4n) is 2.97. The smallest absolute Gasteiger partial charge is 0.294 e. The highest BCUT2D eigenvalue weighted by atomic mass is 32.2. The summed E-state index contributed by atoms with van der Waals surface area (Å²) in [5.41, 5.74) is 2.32. The van der Waals surface area contributed by atoms with E-state index in [1.807, 2.05) is 6.92 Å². The van der Waals surface area contributed by atoms with E-state index in [0.717, 1.165) is 49.1 Å². The molecule has 6 heteroatoms. The van der Waals surface area contributed by atoms with E-state index in [-0.39, 0.29) is 16.9 Å². The molecule has 0 spiro atoms. The Hall–Kier alpha value is -1.24. The molecule has 1 aromatic carbocycles. The maximum atomic E-state index is 11.4. The minimum atomic E-state index is -4.20. The second kappa shape index (κ2) is 6.48. The zero-order valence-electron chi connectivity index (χ0n) is 13.0. The molecule has 1 atom stereocenters. The predicted molar refractivity (Wildman–Crippen MR) is 86.5 cm³/mol. The van der Waals surface area contributed by atoms with Crippen LogP contribution in [0, 0.1) is 0 Å². The number of aliphatic hydroxyl groups excluding tert-OH is 1. The zero-order chi connectivity index (χ0) is 16.4. The number of aliphatic imine (C=N–C) groups is 1. The van der Waals surface area contributed by atoms with Crippen molar-refractivity contribution in [3.8, 4) is 0 Å². The lowest BCUT2D eigenvalue weighted by atomic mass is 9.76. The van der Waals surface area contributed by atoms with Gasteiger partial charge in [-0.2, -0.15) is 8.42 Å². The number of hydrogen-bond donors (Lipinski definition) is 2. The third-order valence-corrected chi connectivity index (χ3v) is 5.38. The molecule has 5 nitrogen and oxygen atoms in total. The third kappa shape index (κ3) is 3.39. The van der Waals surface area contributed by atoms with Crippen LogP contribution in [-0.4, -0.2) is 30.4 Å². The Morgan fingerprint density at radius 2 is 1.86 bits per heavy atom. The number of aliphatic hydroxyl groups is 1. The van der Waals surface area contributed by atoms with Crippen LogP contribution in [0.15, 0.2) is 28.1 Å². The molecule has 0 radical (unpaired) electrons. The van der Waals surface area contributed by atoms with Crippen LogP contribution in [0.1, 0.15) is 51.5 Å². The van der Waals surface area contributed by atoms with Gasteiger partial charge in [-0.15, -0.1) is 0 Å². The molecule has 0 saturated heterocycles. The second-order valence-electron chi connectivity index (χ2n) is 6.07. The van der Waals surface area contributed by atoms with Gasteiger partial charge in [0, 0.05) is 17.7 Å². The Labute approximate surface area is 131 Å². The number of unbranched alkanes of at least 4 members (excludes halogenated alkanes) is 3. The van der Waals surface area contributed by atoms with Crippen molar-refractivity contribution in [3.63, 3.8) is 0 Å². The van der Waals surface area contributed by atoms with Crippen LogP contribution in [0.3, 0.4) is 0 Å². The van der Waals surface area contributed by atoms with Crippen molar-refractivity contribution >= 4 is 21.5 Å². The molecule has 122 valence electrons. The highest BCUT2D eigenvalue weighted by molar-refractivity contribution is 7.85. The van der Waals surface area contributed by atoms with Gasteiger partial charge in [0.1, 0.15) is 0 Å². The Morgan fingerprint density at radius 1 is 1.18 bits per heavy atom. The van der Waals surface area contributed by atoms with Crippen LogP contribution >= 0.6 is 0 Å². The Morgan fingerprint density at radius 3 is 2.50 bits per heavy atom. The first kappa shape index (κ1) is 17.1. The van der Waals surface area contributed by atoms with Gasteiger partial charge in [0.2, 0.25) is 0 Å². The standard InChI is InChI=1S/C16H23NO4S/c1-12-16(2,9-5-3-4-6-10-18)14-11-13(22(19,20)21)7-8-15(14)17-12/h7-8,11,18H,3-6,9-10H2,1-2H3,(H,19,20,21). The summed E-state index contributed by atoms with van der Waals surface area (Å²) in [7, 11) is -4.20. The number of benzene rings is 1. The van der Waals surface area contributed by atoms with E-state index < -0.39 is 10.1 Å². The van der Waals surface area contributed by atoms with Gasteiger partial charge in [0.15, 0.2) is 0 Å². The van der Waals surface area contributed by atoms with Crippen LogP contribution in [0.25, 0.3) is 0 Å². The van der Waals surface area contributed by atoms with Crippen molar-refractivity contribution in [2.45, 2.75) is 56.3 Å². The quantitative estimate of drug-likeness (QED) is 0.595. The number of rotatable bonds is 7. The maximum absolute atomic E-state index is 11.4. The van der Waals surface area contributed by atoms with E-state index in [4.69, 9.17) is 5.11 Å². The molecular weight excluding hydrogens is 302 g/mol. The maximum Gasteiger partial charge on any atom is 0.294 e. The van der Waals surface area contributed by atoms with Crippen molar-refractivity contribution in [1.82, 2.24) is 0 Å². The van der Waals surface area contributed by atoms with E-state index in [1.54, 1.807) is 12.1 Å². The molecular formula is C16H23NO4S. The summed E-state index contributed by atoms with van der Waals surface area (Å²) in [5, 5.41) is 8.81. The van der Waals surface area contributed by atoms with Gasteiger partial charge in [0.05, 0.1) is 10.6 Å². The molecule has 0 bridgehead atoms. The first-order valence-electron chi connectivity index (χ1n) is 7.58. The molecule has 1 heterocycles. The lowest BCUT2D eigenvalue weighted by Crippen LogP contribution is -2.27. The molecule has 2 rings (SSSR count). The van der Waals surface area contributed by atoms with Gasteiger partial charge >= 0.3 is 0 Å². The van der Waals surface area contributed by atoms with Crippen molar-refractivity contribution in [2.75, 3.05) is 6.61 Å². The SMILES string of the molecule is CC1=Nc2ccc(S(=O)(=O)O)cc2C1(C)CCCCCCO. The summed E-state index contributed by atoms with van der Waals surface area (Å²) in [4.78, 5) is 4.46. The Balaban J connectivity index is 2.22. The van der Waals surface area contributed by atoms with Crippen LogP contribution < -0.4 is 0 Å². The van der Waals surface area contributed by atoms with Gasteiger partial charge in [-0.25, -0.2) is 0 Å². The zero-order valence-corrected chi connectivity index (χ0v) is 13.9. The Kier molecular flexibility index (Phi) is 5.04. The normalized spacial score (nSPS) is 20.8. The molecule has 1 aliphatic rings. The van der Waals surface area contributed by atoms with E-state index >= 15 is 0 Å². The number of fused-ring (bicyclic) bond motifs is 1. The highest BCUT2D eigenvalue weighted by Gasteiger charge is 2.37. The van der Waals surface area contributed by atoms with Crippen LogP contribution in [0.2, 0.25) is 0 Å². The number of nitrogens with zero attached hydrogens (tertiary/aromatic N) is 1. The minimum absolute atomic E-state index is 0.0809. The fraction of sp³-hybridized carbons (Fsp3) is 0.562. The van der Waals surface area contributed by atoms with Crippen LogP contribution in [0.4, 0.5) is 5.69 Å². The topological polar surface area (TPSA) is 87.0 Å². The second-order valence-corrected chi connectivity index (χ2v) is 7.49. The average Bonchev–Trinajstić information content (AvgIpc) is 2.69. The van der Waals surface area contributed by atoms with Crippen LogP contribution in [0.5, 0.6) is 0 Å². The molecule has 2 N–H and O–H groups in total. The van der Waals surface area contributed by atoms with Gasteiger partial charge in [-0.3, -0.25) is 9.55 Å². The van der Waals surface area contributed by atoms with Crippen molar-refractivity contribution in [1.29, 1.82) is 0 Å². The van der Waals surface area contributed by atoms with E-state index in [0.29, 0.717) is 0 Å². The molecule has 0 fully saturated rings. The van der Waals surface area contributed by atoms with Gasteiger partial charge < -0.3 is 5.11 Å². The molecule has 1 aliphatic heterocycles. The molecule has 0 amide bonds. The predicted octanol–water partition coefficient (Wildman–Crippen LogP) is 3.24. The van der Waals surface area contributed by atoms with Gasteiger partial charge in [-0.1, -0.05) is 26.2 Å². The summed E-state index contributed by atoms with van der Waals surface area (Å²) in [6.07, 6.45) is 4.68. The summed E-state index contributed by atoms with van der Waals surface area (Å²) in [6.45, 7) is 4.25. The average molecular weight is 325 g/mol. The van der Waals surface area contributed by atoms with Gasteiger partial charge in [-0.05, 0) is 43.5 Å². The van der Waals surface area contributed by atoms with E-state index in [9.17, 15) is 13.0 Å². The van der Waals surface area contributed by atoms with E-state index in [1.165, 1.54) is 6.07 Å². The first-order chi connectivity index (χ1) is 10.3. The van der Waals surface area contributed by atoms with Crippen molar-refractivity contribution < 1.29 is 18.1 Å². The molecule has 1 aromatic rings. The summed E-state index contributed by atoms with van der Waals surface area (Å²) < 4.78 is 31.9. The molecule has 0 saturated carbocycles. The molecule has 0 aliphatic carbocycles. The highest BCUT2D eigenvalue weighted by Crippen LogP contribution is 2.44. The summed E-state index contributed by atoms with van der Waals surface area (Å²) >= 11 is 0. The van der Waals surface area contributed by atoms with Crippen molar-refractivity contribution in [2.24, 2.45) is 4.99 Å². The molecule has 22 heavy (non-hydrogen) atoms. The summed E-state index contributed by atoms with van der Waals surface area (Å²) in [6, 6.07) is 4.58. The molecule has 0 aromatic heterocycles. The monoisotopic (exact) mass is 325 g/mol. The van der Waals surface area contributed by atoms with Crippen molar-refractivity contribution in [3.05, 3.63) is 23.8 Å². The van der Waals surface area contributed by atoms with Gasteiger partial charge in [0.25, 0.3) is 10.1 Å². The lowest BCUT2D eigenvalue weighted by molar-refractivity contribution is 0.282. The fourth-order valence-corrected chi connectivity index (χ4v) is 3.48. The van der Waals surface area contributed by atoms with E-state index in [2.05, 4.69) is 11.9 Å². The number of hydrogen-bond acceptors (Lipinski definition) is 4. The summed E-state index contributed by atoms with van der Waals surface area (Å²) in [5.74, 6) is 0. The molecule has 1 unspecified atom stereocenters. The largest absolute Gasteiger partial charge is 0.396 e. The minimum Gasteiger partial charge on any atom is -0.396 e. The first-order valence-corrected chi connectivity index (χ1v) is 9.02. The lowest BCUT2D eigenvalue weighted by Gasteiger charge is -2.26.